The predicted molar refractivity (Wildman–Crippen MR) is 78.3 cm³/mol. The van der Waals surface area contributed by atoms with Crippen LogP contribution in [0.2, 0.25) is 5.02 Å². The summed E-state index contributed by atoms with van der Waals surface area (Å²) in [5, 5.41) is 13.3. The van der Waals surface area contributed by atoms with Gasteiger partial charge in [0, 0.05) is 30.1 Å². The van der Waals surface area contributed by atoms with E-state index in [1.807, 2.05) is 19.1 Å². The quantitative estimate of drug-likeness (QED) is 0.695. The Morgan fingerprint density at radius 1 is 1.38 bits per heavy atom. The van der Waals surface area contributed by atoms with Gasteiger partial charge in [-0.15, -0.1) is 0 Å². The second-order valence-electron chi connectivity index (χ2n) is 4.41. The van der Waals surface area contributed by atoms with Crippen molar-refractivity contribution in [1.82, 2.24) is 10.3 Å². The van der Waals surface area contributed by atoms with Gasteiger partial charge < -0.3 is 5.32 Å². The van der Waals surface area contributed by atoms with Gasteiger partial charge in [0.15, 0.2) is 0 Å². The molecule has 0 bridgehead atoms. The predicted octanol–water partition coefficient (Wildman–Crippen LogP) is 2.88. The number of nitro groups is 1. The minimum Gasteiger partial charge on any atom is -0.348 e. The SMILES string of the molecule is Cc1ccc(CNC(=O)c2ccc([N+](=O)[O-])c(Cl)c2)cn1. The van der Waals surface area contributed by atoms with E-state index >= 15 is 0 Å². The Labute approximate surface area is 125 Å². The zero-order valence-electron chi connectivity index (χ0n) is 11.2. The Balaban J connectivity index is 2.05. The number of aryl methyl sites for hydroxylation is 1. The Morgan fingerprint density at radius 2 is 2.14 bits per heavy atom. The van der Waals surface area contributed by atoms with Gasteiger partial charge in [-0.25, -0.2) is 0 Å². The molecule has 1 heterocycles. The highest BCUT2D eigenvalue weighted by Gasteiger charge is 2.15. The van der Waals surface area contributed by atoms with Crippen LogP contribution >= 0.6 is 11.6 Å². The summed E-state index contributed by atoms with van der Waals surface area (Å²) in [5.74, 6) is -0.354. The number of halogens is 1. The number of nitro benzene ring substituents is 1. The monoisotopic (exact) mass is 305 g/mol. The third-order valence-corrected chi connectivity index (χ3v) is 3.13. The first-order valence-electron chi connectivity index (χ1n) is 6.11. The lowest BCUT2D eigenvalue weighted by Gasteiger charge is -2.06. The molecule has 0 aliphatic rings. The third-order valence-electron chi connectivity index (χ3n) is 2.83. The Hall–Kier alpha value is -2.47. The summed E-state index contributed by atoms with van der Waals surface area (Å²) in [6.07, 6.45) is 1.68. The second-order valence-corrected chi connectivity index (χ2v) is 4.82. The molecule has 21 heavy (non-hydrogen) atoms. The van der Waals surface area contributed by atoms with Gasteiger partial charge in [0.25, 0.3) is 11.6 Å². The van der Waals surface area contributed by atoms with Crippen LogP contribution in [-0.2, 0) is 6.54 Å². The van der Waals surface area contributed by atoms with Crippen LogP contribution in [0.5, 0.6) is 0 Å². The van der Waals surface area contributed by atoms with E-state index in [-0.39, 0.29) is 22.2 Å². The van der Waals surface area contributed by atoms with Crippen molar-refractivity contribution >= 4 is 23.2 Å². The number of carbonyl (C=O) groups is 1. The maximum Gasteiger partial charge on any atom is 0.287 e. The number of rotatable bonds is 4. The van der Waals surface area contributed by atoms with Gasteiger partial charge in [-0.05, 0) is 30.7 Å². The van der Waals surface area contributed by atoms with E-state index in [2.05, 4.69) is 10.3 Å². The van der Waals surface area contributed by atoms with Crippen molar-refractivity contribution in [2.24, 2.45) is 0 Å². The molecule has 108 valence electrons. The molecule has 0 saturated carbocycles. The first-order chi connectivity index (χ1) is 9.97. The number of pyridine rings is 1. The minimum atomic E-state index is -0.595. The average Bonchev–Trinajstić information content (AvgIpc) is 2.45. The van der Waals surface area contributed by atoms with Crippen LogP contribution in [0.15, 0.2) is 36.5 Å². The zero-order chi connectivity index (χ0) is 15.4. The van der Waals surface area contributed by atoms with Gasteiger partial charge in [-0.3, -0.25) is 19.9 Å². The molecule has 1 amide bonds. The van der Waals surface area contributed by atoms with E-state index in [0.717, 1.165) is 11.3 Å². The fourth-order valence-electron chi connectivity index (χ4n) is 1.68. The van der Waals surface area contributed by atoms with Crippen molar-refractivity contribution in [3.05, 3.63) is 68.5 Å². The van der Waals surface area contributed by atoms with Gasteiger partial charge in [0.2, 0.25) is 0 Å². The summed E-state index contributed by atoms with van der Waals surface area (Å²) in [7, 11) is 0. The maximum absolute atomic E-state index is 12.0. The number of benzene rings is 1. The minimum absolute atomic E-state index is 0.0651. The molecule has 0 aliphatic heterocycles. The summed E-state index contributed by atoms with van der Waals surface area (Å²) < 4.78 is 0. The molecular formula is C14H12ClN3O3. The number of hydrogen-bond acceptors (Lipinski definition) is 4. The Kier molecular flexibility index (Phi) is 4.49. The van der Waals surface area contributed by atoms with Crippen LogP contribution in [0.3, 0.4) is 0 Å². The molecule has 1 N–H and O–H groups in total. The number of hydrogen-bond donors (Lipinski definition) is 1. The molecule has 2 rings (SSSR count). The fourth-order valence-corrected chi connectivity index (χ4v) is 1.93. The van der Waals surface area contributed by atoms with Crippen LogP contribution in [0.25, 0.3) is 0 Å². The first kappa shape index (κ1) is 14.9. The lowest BCUT2D eigenvalue weighted by atomic mass is 10.2. The largest absolute Gasteiger partial charge is 0.348 e. The molecule has 0 atom stereocenters. The van der Waals surface area contributed by atoms with Gasteiger partial charge in [0.1, 0.15) is 5.02 Å². The second kappa shape index (κ2) is 6.32. The number of nitrogens with one attached hydrogen (secondary N) is 1. The lowest BCUT2D eigenvalue weighted by Crippen LogP contribution is -2.22. The molecule has 0 unspecified atom stereocenters. The summed E-state index contributed by atoms with van der Waals surface area (Å²) in [6, 6.07) is 7.58. The Morgan fingerprint density at radius 3 is 2.71 bits per heavy atom. The average molecular weight is 306 g/mol. The van der Waals surface area contributed by atoms with Gasteiger partial charge in [-0.2, -0.15) is 0 Å². The smallest absolute Gasteiger partial charge is 0.287 e. The highest BCUT2D eigenvalue weighted by molar-refractivity contribution is 6.33. The van der Waals surface area contributed by atoms with Crippen molar-refractivity contribution < 1.29 is 9.72 Å². The van der Waals surface area contributed by atoms with Crippen molar-refractivity contribution in [2.45, 2.75) is 13.5 Å². The van der Waals surface area contributed by atoms with E-state index in [1.165, 1.54) is 18.2 Å². The third kappa shape index (κ3) is 3.76. The maximum atomic E-state index is 12.0. The molecule has 0 spiro atoms. The first-order valence-corrected chi connectivity index (χ1v) is 6.49. The molecular weight excluding hydrogens is 294 g/mol. The van der Waals surface area contributed by atoms with Gasteiger partial charge in [-0.1, -0.05) is 17.7 Å². The molecule has 2 aromatic rings. The van der Waals surface area contributed by atoms with E-state index in [0.29, 0.717) is 6.54 Å². The number of carbonyl (C=O) groups excluding carboxylic acids is 1. The van der Waals surface area contributed by atoms with Crippen molar-refractivity contribution in [3.8, 4) is 0 Å². The standard InChI is InChI=1S/C14H12ClN3O3/c1-9-2-3-10(7-16-9)8-17-14(19)11-4-5-13(18(20)21)12(15)6-11/h2-7H,8H2,1H3,(H,17,19). The molecule has 0 saturated heterocycles. The number of nitrogens with zero attached hydrogens (tertiary/aromatic N) is 2. The molecule has 0 aliphatic carbocycles. The van der Waals surface area contributed by atoms with Crippen LogP contribution < -0.4 is 5.32 Å². The van der Waals surface area contributed by atoms with E-state index in [4.69, 9.17) is 11.6 Å². The van der Waals surface area contributed by atoms with Gasteiger partial charge >= 0.3 is 0 Å². The summed E-state index contributed by atoms with van der Waals surface area (Å²) >= 11 is 5.77. The van der Waals surface area contributed by atoms with Crippen LogP contribution in [0, 0.1) is 17.0 Å². The summed E-state index contributed by atoms with van der Waals surface area (Å²) in [4.78, 5) is 26.1. The van der Waals surface area contributed by atoms with E-state index < -0.39 is 4.92 Å². The normalized spacial score (nSPS) is 10.2. The Bertz CT molecular complexity index is 686. The summed E-state index contributed by atoms with van der Waals surface area (Å²) in [5.41, 5.74) is 1.80. The van der Waals surface area contributed by atoms with E-state index in [9.17, 15) is 14.9 Å². The number of amides is 1. The fraction of sp³-hybridized carbons (Fsp3) is 0.143. The van der Waals surface area contributed by atoms with Crippen molar-refractivity contribution in [3.63, 3.8) is 0 Å². The molecule has 0 fully saturated rings. The molecule has 7 heteroatoms. The van der Waals surface area contributed by atoms with E-state index in [1.54, 1.807) is 6.20 Å². The highest BCUT2D eigenvalue weighted by Crippen LogP contribution is 2.24. The molecule has 1 aromatic carbocycles. The van der Waals surface area contributed by atoms with Crippen LogP contribution in [-0.4, -0.2) is 15.8 Å². The molecule has 1 aromatic heterocycles. The topological polar surface area (TPSA) is 85.1 Å². The van der Waals surface area contributed by atoms with Gasteiger partial charge in [0.05, 0.1) is 4.92 Å². The highest BCUT2D eigenvalue weighted by atomic mass is 35.5. The van der Waals surface area contributed by atoms with Crippen LogP contribution in [0.4, 0.5) is 5.69 Å². The zero-order valence-corrected chi connectivity index (χ0v) is 11.9. The lowest BCUT2D eigenvalue weighted by molar-refractivity contribution is -0.384. The van der Waals surface area contributed by atoms with Crippen molar-refractivity contribution in [2.75, 3.05) is 0 Å². The molecule has 6 nitrogen and oxygen atoms in total. The van der Waals surface area contributed by atoms with Crippen molar-refractivity contribution in [1.29, 1.82) is 0 Å². The molecule has 0 radical (unpaired) electrons. The number of aromatic nitrogens is 1. The van der Waals surface area contributed by atoms with Crippen LogP contribution in [0.1, 0.15) is 21.6 Å². The summed E-state index contributed by atoms with van der Waals surface area (Å²) in [6.45, 7) is 2.20.